The topological polar surface area (TPSA) is 43.6 Å². The van der Waals surface area contributed by atoms with E-state index in [1.165, 1.54) is 0 Å². The van der Waals surface area contributed by atoms with E-state index in [1.807, 2.05) is 50.2 Å². The van der Waals surface area contributed by atoms with Crippen LogP contribution >= 0.6 is 0 Å². The van der Waals surface area contributed by atoms with Crippen molar-refractivity contribution in [1.29, 1.82) is 0 Å². The number of nitrogens with one attached hydrogen (secondary N) is 1. The highest BCUT2D eigenvalue weighted by molar-refractivity contribution is 5.77. The molecule has 0 fully saturated rings. The van der Waals surface area contributed by atoms with Crippen LogP contribution in [0.5, 0.6) is 11.5 Å². The van der Waals surface area contributed by atoms with Crippen molar-refractivity contribution in [3.63, 3.8) is 0 Å². The zero-order chi connectivity index (χ0) is 16.1. The zero-order valence-corrected chi connectivity index (χ0v) is 13.5. The summed E-state index contributed by atoms with van der Waals surface area (Å²) in [6.07, 6.45) is 0. The lowest BCUT2D eigenvalue weighted by Gasteiger charge is -2.06. The maximum Gasteiger partial charge on any atom is 0.231 e. The molecule has 1 aliphatic rings. The molecule has 4 heteroatoms. The lowest BCUT2D eigenvalue weighted by Crippen LogP contribution is -2.12. The van der Waals surface area contributed by atoms with E-state index in [9.17, 15) is 0 Å². The monoisotopic (exact) mass is 311 g/mol. The summed E-state index contributed by atoms with van der Waals surface area (Å²) in [5.74, 6) is 2.59. The molecule has 1 N–H and O–H groups in total. The summed E-state index contributed by atoms with van der Waals surface area (Å²) in [5.41, 5.74) is 2.02. The smallest absolute Gasteiger partial charge is 0.231 e. The molecule has 1 aliphatic heterocycles. The van der Waals surface area contributed by atoms with Crippen LogP contribution in [0.3, 0.4) is 0 Å². The van der Waals surface area contributed by atoms with Gasteiger partial charge in [-0.1, -0.05) is 44.2 Å². The van der Waals surface area contributed by atoms with E-state index in [-0.39, 0.29) is 0 Å². The zero-order valence-electron chi connectivity index (χ0n) is 13.5. The Morgan fingerprint density at radius 1 is 0.957 bits per heavy atom. The third kappa shape index (κ3) is 3.32. The number of fused-ring (bicyclic) bond motifs is 2. The average Bonchev–Trinajstić information content (AvgIpc) is 3.23. The van der Waals surface area contributed by atoms with Crippen molar-refractivity contribution in [3.8, 4) is 11.5 Å². The van der Waals surface area contributed by atoms with Gasteiger partial charge in [-0.3, -0.25) is 0 Å². The molecule has 0 radical (unpaired) electrons. The summed E-state index contributed by atoms with van der Waals surface area (Å²) in [6.45, 7) is 5.69. The van der Waals surface area contributed by atoms with E-state index < -0.39 is 0 Å². The fourth-order valence-electron chi connectivity index (χ4n) is 2.57. The third-order valence-corrected chi connectivity index (χ3v) is 3.57. The molecular weight excluding hydrogens is 290 g/mol. The van der Waals surface area contributed by atoms with Crippen LogP contribution in [-0.2, 0) is 13.1 Å². The van der Waals surface area contributed by atoms with Crippen LogP contribution in [0.25, 0.3) is 11.0 Å². The Balaban J connectivity index is 0.000000753. The van der Waals surface area contributed by atoms with Crippen molar-refractivity contribution >= 4 is 11.0 Å². The fourth-order valence-corrected chi connectivity index (χ4v) is 2.57. The van der Waals surface area contributed by atoms with E-state index in [0.29, 0.717) is 19.9 Å². The summed E-state index contributed by atoms with van der Waals surface area (Å²) < 4.78 is 16.6. The first-order chi connectivity index (χ1) is 11.4. The molecule has 0 saturated carbocycles. The Bertz CT molecular complexity index is 746. The molecule has 0 unspecified atom stereocenters. The molecule has 1 aromatic heterocycles. The predicted molar refractivity (Wildman–Crippen MR) is 90.7 cm³/mol. The molecule has 120 valence electrons. The number of hydrogen-bond acceptors (Lipinski definition) is 4. The number of para-hydroxylation sites is 2. The van der Waals surface area contributed by atoms with Gasteiger partial charge < -0.3 is 19.2 Å². The quantitative estimate of drug-likeness (QED) is 0.771. The Hall–Kier alpha value is -2.46. The highest BCUT2D eigenvalue weighted by atomic mass is 16.7. The van der Waals surface area contributed by atoms with Crippen LogP contribution in [-0.4, -0.2) is 6.79 Å². The minimum absolute atomic E-state index is 0.302. The molecule has 2 aromatic carbocycles. The number of furan rings is 1. The van der Waals surface area contributed by atoms with Crippen molar-refractivity contribution in [2.24, 2.45) is 0 Å². The Labute approximate surface area is 136 Å². The van der Waals surface area contributed by atoms with Gasteiger partial charge in [0.05, 0.1) is 6.54 Å². The molecular formula is C19H21NO3. The maximum atomic E-state index is 5.78. The lowest BCUT2D eigenvalue weighted by atomic mass is 10.2. The molecule has 3 aromatic rings. The second-order valence-corrected chi connectivity index (χ2v) is 5.01. The predicted octanol–water partition coefficient (Wildman–Crippen LogP) is 4.48. The third-order valence-electron chi connectivity index (χ3n) is 3.57. The number of hydrogen-bond donors (Lipinski definition) is 1. The SMILES string of the molecule is CC.c1cc(CNCc2cc3ccccc3o2)c2c(c1)OCO2. The molecule has 4 rings (SSSR count). The van der Waals surface area contributed by atoms with E-state index in [4.69, 9.17) is 13.9 Å². The van der Waals surface area contributed by atoms with E-state index in [2.05, 4.69) is 17.4 Å². The summed E-state index contributed by atoms with van der Waals surface area (Å²) >= 11 is 0. The van der Waals surface area contributed by atoms with Crippen LogP contribution in [0.2, 0.25) is 0 Å². The molecule has 0 aliphatic carbocycles. The molecule has 0 bridgehead atoms. The van der Waals surface area contributed by atoms with Gasteiger partial charge in [-0.25, -0.2) is 0 Å². The molecule has 0 amide bonds. The Kier molecular flexibility index (Phi) is 4.83. The van der Waals surface area contributed by atoms with Gasteiger partial charge in [0.15, 0.2) is 11.5 Å². The first kappa shape index (κ1) is 15.4. The van der Waals surface area contributed by atoms with Gasteiger partial charge in [-0.2, -0.15) is 0 Å². The molecule has 2 heterocycles. The Morgan fingerprint density at radius 3 is 2.70 bits per heavy atom. The van der Waals surface area contributed by atoms with Crippen LogP contribution in [0.1, 0.15) is 25.2 Å². The largest absolute Gasteiger partial charge is 0.460 e. The second kappa shape index (κ2) is 7.20. The minimum Gasteiger partial charge on any atom is -0.460 e. The highest BCUT2D eigenvalue weighted by Crippen LogP contribution is 2.35. The van der Waals surface area contributed by atoms with Crippen molar-refractivity contribution < 1.29 is 13.9 Å². The van der Waals surface area contributed by atoms with Crippen molar-refractivity contribution in [2.45, 2.75) is 26.9 Å². The Morgan fingerprint density at radius 2 is 1.83 bits per heavy atom. The molecule has 0 spiro atoms. The van der Waals surface area contributed by atoms with Gasteiger partial charge in [-0.05, 0) is 18.2 Å². The van der Waals surface area contributed by atoms with Gasteiger partial charge in [0, 0.05) is 17.5 Å². The van der Waals surface area contributed by atoms with E-state index in [1.54, 1.807) is 0 Å². The first-order valence-corrected chi connectivity index (χ1v) is 7.96. The van der Waals surface area contributed by atoms with Crippen LogP contribution < -0.4 is 14.8 Å². The summed E-state index contributed by atoms with van der Waals surface area (Å²) in [5, 5.41) is 4.51. The van der Waals surface area contributed by atoms with Gasteiger partial charge in [0.1, 0.15) is 11.3 Å². The van der Waals surface area contributed by atoms with Crippen molar-refractivity contribution in [3.05, 3.63) is 59.9 Å². The van der Waals surface area contributed by atoms with Crippen LogP contribution in [0, 0.1) is 0 Å². The van der Waals surface area contributed by atoms with Gasteiger partial charge >= 0.3 is 0 Å². The van der Waals surface area contributed by atoms with Gasteiger partial charge in [-0.15, -0.1) is 0 Å². The molecule has 23 heavy (non-hydrogen) atoms. The number of rotatable bonds is 4. The highest BCUT2D eigenvalue weighted by Gasteiger charge is 2.16. The lowest BCUT2D eigenvalue weighted by molar-refractivity contribution is 0.173. The standard InChI is InChI=1S/C17H15NO3.C2H6/c1-2-6-15-12(4-1)8-14(21-15)10-18-9-13-5-3-7-16-17(13)20-11-19-16;1-2/h1-8,18H,9-11H2;1-2H3. The molecule has 0 atom stereocenters. The number of benzene rings is 2. The van der Waals surface area contributed by atoms with E-state index >= 15 is 0 Å². The average molecular weight is 311 g/mol. The van der Waals surface area contributed by atoms with Crippen molar-refractivity contribution in [1.82, 2.24) is 5.32 Å². The molecule has 0 saturated heterocycles. The number of ether oxygens (including phenoxy) is 2. The van der Waals surface area contributed by atoms with E-state index in [0.717, 1.165) is 33.8 Å². The van der Waals surface area contributed by atoms with Crippen LogP contribution in [0.4, 0.5) is 0 Å². The van der Waals surface area contributed by atoms with Crippen LogP contribution in [0.15, 0.2) is 52.9 Å². The maximum absolute atomic E-state index is 5.78. The van der Waals surface area contributed by atoms with Crippen molar-refractivity contribution in [2.75, 3.05) is 6.79 Å². The molecule has 4 nitrogen and oxygen atoms in total. The van der Waals surface area contributed by atoms with Gasteiger partial charge in [0.2, 0.25) is 6.79 Å². The summed E-state index contributed by atoms with van der Waals surface area (Å²) in [4.78, 5) is 0. The first-order valence-electron chi connectivity index (χ1n) is 7.96. The summed E-state index contributed by atoms with van der Waals surface area (Å²) in [7, 11) is 0. The van der Waals surface area contributed by atoms with Gasteiger partial charge in [0.25, 0.3) is 0 Å². The minimum atomic E-state index is 0.302. The second-order valence-electron chi connectivity index (χ2n) is 5.01. The fraction of sp³-hybridized carbons (Fsp3) is 0.263. The summed E-state index contributed by atoms with van der Waals surface area (Å²) in [6, 6.07) is 16.0. The normalized spacial score (nSPS) is 12.1.